The Morgan fingerprint density at radius 1 is 1.38 bits per heavy atom. The highest BCUT2D eigenvalue weighted by Crippen LogP contribution is 2.33. The first kappa shape index (κ1) is 18.5. The number of ether oxygens (including phenoxy) is 1. The largest absolute Gasteiger partial charge is 0.492 e. The summed E-state index contributed by atoms with van der Waals surface area (Å²) in [6, 6.07) is 3.29. The fourth-order valence-corrected chi connectivity index (χ4v) is 3.37. The highest BCUT2D eigenvalue weighted by molar-refractivity contribution is 9.11. The lowest BCUT2D eigenvalue weighted by molar-refractivity contribution is -0.140. The van der Waals surface area contributed by atoms with Crippen LogP contribution in [0.1, 0.15) is 32.8 Å². The fraction of sp³-hybridized carbons (Fsp3) is 0.533. The van der Waals surface area contributed by atoms with Gasteiger partial charge in [0.25, 0.3) is 0 Å². The third-order valence-corrected chi connectivity index (χ3v) is 4.03. The number of carbonyl (C=O) groups is 1. The van der Waals surface area contributed by atoms with E-state index in [-0.39, 0.29) is 5.92 Å². The van der Waals surface area contributed by atoms with Crippen LogP contribution in [-0.2, 0) is 11.3 Å². The summed E-state index contributed by atoms with van der Waals surface area (Å²) in [7, 11) is 0. The number of benzene rings is 1. The zero-order chi connectivity index (χ0) is 16.0. The van der Waals surface area contributed by atoms with E-state index < -0.39 is 12.0 Å². The van der Waals surface area contributed by atoms with Crippen molar-refractivity contribution in [2.75, 3.05) is 6.61 Å². The van der Waals surface area contributed by atoms with Crippen LogP contribution in [0.4, 0.5) is 0 Å². The van der Waals surface area contributed by atoms with Gasteiger partial charge in [0.05, 0.1) is 11.1 Å². The molecule has 1 unspecified atom stereocenters. The molecule has 0 heterocycles. The molecule has 1 aromatic rings. The predicted molar refractivity (Wildman–Crippen MR) is 90.7 cm³/mol. The molecule has 1 atom stereocenters. The van der Waals surface area contributed by atoms with Gasteiger partial charge in [-0.05, 0) is 40.4 Å². The molecular formula is C15H21Br2NO3. The van der Waals surface area contributed by atoms with Gasteiger partial charge in [-0.25, -0.2) is 0 Å². The Hall–Kier alpha value is -0.590. The number of halogens is 2. The minimum Gasteiger partial charge on any atom is -0.492 e. The monoisotopic (exact) mass is 421 g/mol. The van der Waals surface area contributed by atoms with Gasteiger partial charge in [-0.15, -0.1) is 0 Å². The van der Waals surface area contributed by atoms with Gasteiger partial charge in [-0.1, -0.05) is 36.7 Å². The molecule has 21 heavy (non-hydrogen) atoms. The molecule has 0 spiro atoms. The van der Waals surface area contributed by atoms with Crippen molar-refractivity contribution in [1.29, 1.82) is 0 Å². The highest BCUT2D eigenvalue weighted by Gasteiger charge is 2.21. The van der Waals surface area contributed by atoms with Crippen LogP contribution in [0.15, 0.2) is 21.1 Å². The van der Waals surface area contributed by atoms with E-state index in [4.69, 9.17) is 4.74 Å². The van der Waals surface area contributed by atoms with Gasteiger partial charge in [0.15, 0.2) is 0 Å². The molecule has 0 amide bonds. The van der Waals surface area contributed by atoms with Crippen molar-refractivity contribution in [3.8, 4) is 5.75 Å². The van der Waals surface area contributed by atoms with E-state index in [2.05, 4.69) is 37.2 Å². The van der Waals surface area contributed by atoms with Crippen LogP contribution in [0, 0.1) is 5.92 Å². The Morgan fingerprint density at radius 2 is 2.05 bits per heavy atom. The van der Waals surface area contributed by atoms with E-state index in [1.807, 2.05) is 32.9 Å². The topological polar surface area (TPSA) is 58.6 Å². The molecule has 0 aliphatic heterocycles. The maximum Gasteiger partial charge on any atom is 0.320 e. The SMILES string of the molecule is CCCOc1c(Br)cc(Br)cc1CNC(C(=O)O)C(C)C. The Morgan fingerprint density at radius 3 is 2.57 bits per heavy atom. The molecule has 0 saturated carbocycles. The molecule has 0 saturated heterocycles. The lowest BCUT2D eigenvalue weighted by Crippen LogP contribution is -2.40. The van der Waals surface area contributed by atoms with E-state index in [1.54, 1.807) is 0 Å². The maximum absolute atomic E-state index is 11.2. The quantitative estimate of drug-likeness (QED) is 0.659. The zero-order valence-electron chi connectivity index (χ0n) is 12.5. The first-order chi connectivity index (χ1) is 9.86. The average molecular weight is 423 g/mol. The number of rotatable bonds is 8. The van der Waals surface area contributed by atoms with Gasteiger partial charge in [0, 0.05) is 16.6 Å². The van der Waals surface area contributed by atoms with Crippen LogP contribution < -0.4 is 10.1 Å². The first-order valence-electron chi connectivity index (χ1n) is 6.93. The van der Waals surface area contributed by atoms with Crippen molar-refractivity contribution in [3.05, 3.63) is 26.6 Å². The van der Waals surface area contributed by atoms with Crippen molar-refractivity contribution in [3.63, 3.8) is 0 Å². The average Bonchev–Trinajstić information content (AvgIpc) is 2.36. The van der Waals surface area contributed by atoms with Gasteiger partial charge in [0.1, 0.15) is 11.8 Å². The van der Waals surface area contributed by atoms with E-state index in [0.29, 0.717) is 13.2 Å². The molecule has 2 N–H and O–H groups in total. The number of hydrogen-bond acceptors (Lipinski definition) is 3. The van der Waals surface area contributed by atoms with Crippen LogP contribution in [0.3, 0.4) is 0 Å². The summed E-state index contributed by atoms with van der Waals surface area (Å²) >= 11 is 6.94. The molecule has 0 aromatic heterocycles. The van der Waals surface area contributed by atoms with Gasteiger partial charge in [-0.3, -0.25) is 10.1 Å². The van der Waals surface area contributed by atoms with E-state index in [0.717, 1.165) is 26.7 Å². The summed E-state index contributed by atoms with van der Waals surface area (Å²) < 4.78 is 7.55. The summed E-state index contributed by atoms with van der Waals surface area (Å²) in [6.07, 6.45) is 0.916. The molecule has 118 valence electrons. The molecule has 0 bridgehead atoms. The minimum atomic E-state index is -0.838. The summed E-state index contributed by atoms with van der Waals surface area (Å²) in [6.45, 7) is 6.88. The van der Waals surface area contributed by atoms with Crippen LogP contribution in [0.2, 0.25) is 0 Å². The third-order valence-electron chi connectivity index (χ3n) is 2.98. The van der Waals surface area contributed by atoms with Gasteiger partial charge in [0.2, 0.25) is 0 Å². The van der Waals surface area contributed by atoms with E-state index in [1.165, 1.54) is 0 Å². The second-order valence-corrected chi connectivity index (χ2v) is 6.94. The molecule has 0 fully saturated rings. The van der Waals surface area contributed by atoms with Crippen molar-refractivity contribution in [2.24, 2.45) is 5.92 Å². The van der Waals surface area contributed by atoms with Crippen molar-refractivity contribution in [1.82, 2.24) is 5.32 Å². The second-order valence-electron chi connectivity index (χ2n) is 5.17. The summed E-state index contributed by atoms with van der Waals surface area (Å²) in [5.41, 5.74) is 0.927. The normalized spacial score (nSPS) is 12.5. The fourth-order valence-electron chi connectivity index (χ4n) is 1.94. The third kappa shape index (κ3) is 5.60. The predicted octanol–water partition coefficient (Wildman–Crippen LogP) is 4.20. The number of aliphatic carboxylic acids is 1. The molecule has 0 aliphatic rings. The number of carboxylic acid groups (broad SMARTS) is 1. The van der Waals surface area contributed by atoms with E-state index >= 15 is 0 Å². The summed E-state index contributed by atoms with van der Waals surface area (Å²) in [5.74, 6) is -0.0614. The Balaban J connectivity index is 2.92. The van der Waals surface area contributed by atoms with Crippen LogP contribution in [0.5, 0.6) is 5.75 Å². The molecule has 1 aromatic carbocycles. The highest BCUT2D eigenvalue weighted by atomic mass is 79.9. The van der Waals surface area contributed by atoms with Gasteiger partial charge < -0.3 is 9.84 Å². The standard InChI is InChI=1S/C15H21Br2NO3/c1-4-5-21-14-10(6-11(16)7-12(14)17)8-18-13(9(2)3)15(19)20/h6-7,9,13,18H,4-5,8H2,1-3H3,(H,19,20). The van der Waals surface area contributed by atoms with Crippen LogP contribution in [-0.4, -0.2) is 23.7 Å². The van der Waals surface area contributed by atoms with Crippen molar-refractivity contribution >= 4 is 37.8 Å². The molecule has 4 nitrogen and oxygen atoms in total. The Kier molecular flexibility index (Phi) is 7.70. The lowest BCUT2D eigenvalue weighted by atomic mass is 10.0. The molecule has 0 aliphatic carbocycles. The smallest absolute Gasteiger partial charge is 0.320 e. The Bertz CT molecular complexity index is 492. The molecule has 0 radical (unpaired) electrons. The van der Waals surface area contributed by atoms with Crippen molar-refractivity contribution in [2.45, 2.75) is 39.8 Å². The molecule has 1 rings (SSSR count). The van der Waals surface area contributed by atoms with Gasteiger partial charge >= 0.3 is 5.97 Å². The summed E-state index contributed by atoms with van der Waals surface area (Å²) in [4.78, 5) is 11.2. The summed E-state index contributed by atoms with van der Waals surface area (Å²) in [5, 5.41) is 12.3. The number of nitrogens with one attached hydrogen (secondary N) is 1. The maximum atomic E-state index is 11.2. The number of hydrogen-bond donors (Lipinski definition) is 2. The van der Waals surface area contributed by atoms with Gasteiger partial charge in [-0.2, -0.15) is 0 Å². The lowest BCUT2D eigenvalue weighted by Gasteiger charge is -2.20. The van der Waals surface area contributed by atoms with Crippen LogP contribution in [0.25, 0.3) is 0 Å². The minimum absolute atomic E-state index is 0.0121. The Labute approximate surface area is 142 Å². The number of carboxylic acids is 1. The second kappa shape index (κ2) is 8.76. The van der Waals surface area contributed by atoms with Crippen molar-refractivity contribution < 1.29 is 14.6 Å². The van der Waals surface area contributed by atoms with Crippen LogP contribution >= 0.6 is 31.9 Å². The van der Waals surface area contributed by atoms with E-state index in [9.17, 15) is 9.90 Å². The zero-order valence-corrected chi connectivity index (χ0v) is 15.6. The first-order valence-corrected chi connectivity index (χ1v) is 8.52. The molecular weight excluding hydrogens is 402 g/mol. The molecule has 6 heteroatoms.